The maximum absolute atomic E-state index is 12.6. The molecule has 0 amide bonds. The van der Waals surface area contributed by atoms with Gasteiger partial charge >= 0.3 is 0 Å². The lowest BCUT2D eigenvalue weighted by Gasteiger charge is -2.12. The molecule has 0 fully saturated rings. The summed E-state index contributed by atoms with van der Waals surface area (Å²) >= 11 is 0. The second-order valence-corrected chi connectivity index (χ2v) is 2.00. The summed E-state index contributed by atoms with van der Waals surface area (Å²) < 4.78 is 12.6. The summed E-state index contributed by atoms with van der Waals surface area (Å²) in [6.45, 7) is 1.39. The molecule has 1 unspecified atom stereocenters. The fourth-order valence-electron chi connectivity index (χ4n) is 0.285. The predicted octanol–water partition coefficient (Wildman–Crippen LogP) is 0.697. The predicted molar refractivity (Wildman–Crippen MR) is 32.0 cm³/mol. The molecule has 0 saturated heterocycles. The summed E-state index contributed by atoms with van der Waals surface area (Å²) in [5, 5.41) is 0. The van der Waals surface area contributed by atoms with Crippen LogP contribution in [0.25, 0.3) is 0 Å². The van der Waals surface area contributed by atoms with Crippen molar-refractivity contribution in [3.63, 3.8) is 0 Å². The highest BCUT2D eigenvalue weighted by molar-refractivity contribution is 4.93. The van der Waals surface area contributed by atoms with Crippen LogP contribution in [-0.4, -0.2) is 12.2 Å². The van der Waals surface area contributed by atoms with Crippen LogP contribution >= 0.6 is 0 Å². The maximum atomic E-state index is 12.6. The quantitative estimate of drug-likeness (QED) is 0.526. The monoisotopic (exact) mass is 115 g/mol. The molecule has 46 valence electrons. The molecular weight excluding hydrogens is 105 g/mol. The number of alkyl halides is 1. The Morgan fingerprint density at radius 3 is 2.50 bits per heavy atom. The van der Waals surface area contributed by atoms with E-state index in [1.807, 2.05) is 0 Å². The molecule has 1 nitrogen and oxygen atoms in total. The van der Waals surface area contributed by atoms with Gasteiger partial charge in [-0.2, -0.15) is 0 Å². The molecule has 2 N–H and O–H groups in total. The molecule has 1 atom stereocenters. The van der Waals surface area contributed by atoms with Gasteiger partial charge in [0.2, 0.25) is 0 Å². The molecule has 0 spiro atoms. The Morgan fingerprint density at radius 1 is 1.88 bits per heavy atom. The highest BCUT2D eigenvalue weighted by Gasteiger charge is 2.18. The van der Waals surface area contributed by atoms with Crippen molar-refractivity contribution in [2.24, 2.45) is 5.73 Å². The lowest BCUT2D eigenvalue weighted by molar-refractivity contribution is 0.207. The van der Waals surface area contributed by atoms with E-state index < -0.39 is 5.67 Å². The van der Waals surface area contributed by atoms with Gasteiger partial charge in [0.05, 0.1) is 0 Å². The topological polar surface area (TPSA) is 26.0 Å². The molecule has 0 rings (SSSR count). The summed E-state index contributed by atoms with van der Waals surface area (Å²) in [6.07, 6.45) is 4.95. The lowest BCUT2D eigenvalue weighted by atomic mass is 10.1. The first kappa shape index (κ1) is 7.45. The molecule has 8 heavy (non-hydrogen) atoms. The van der Waals surface area contributed by atoms with Crippen molar-refractivity contribution in [3.05, 3.63) is 0 Å². The average molecular weight is 115 g/mol. The molecule has 0 aromatic carbocycles. The Bertz CT molecular complexity index is 102. The van der Waals surface area contributed by atoms with Crippen LogP contribution in [0.15, 0.2) is 0 Å². The third-order valence-electron chi connectivity index (χ3n) is 0.896. The number of rotatable bonds is 2. The van der Waals surface area contributed by atoms with Crippen LogP contribution in [0.5, 0.6) is 0 Å². The minimum absolute atomic E-state index is 0.00278. The van der Waals surface area contributed by atoms with E-state index in [2.05, 4.69) is 5.92 Å². The zero-order valence-electron chi connectivity index (χ0n) is 4.95. The molecule has 0 aliphatic carbocycles. The van der Waals surface area contributed by atoms with Crippen LogP contribution in [-0.2, 0) is 0 Å². The fourth-order valence-corrected chi connectivity index (χ4v) is 0.285. The van der Waals surface area contributed by atoms with Gasteiger partial charge in [0.1, 0.15) is 5.67 Å². The Kier molecular flexibility index (Phi) is 2.50. The van der Waals surface area contributed by atoms with Gasteiger partial charge in [-0.1, -0.05) is 0 Å². The van der Waals surface area contributed by atoms with E-state index in [4.69, 9.17) is 12.2 Å². The van der Waals surface area contributed by atoms with Crippen molar-refractivity contribution >= 4 is 0 Å². The zero-order valence-corrected chi connectivity index (χ0v) is 4.95. The number of hydrogen-bond acceptors (Lipinski definition) is 1. The second kappa shape index (κ2) is 2.68. The van der Waals surface area contributed by atoms with Gasteiger partial charge in [0, 0.05) is 13.0 Å². The zero-order chi connectivity index (χ0) is 6.62. The van der Waals surface area contributed by atoms with Crippen LogP contribution < -0.4 is 5.73 Å². The Balaban J connectivity index is 3.58. The van der Waals surface area contributed by atoms with E-state index in [0.717, 1.165) is 0 Å². The molecular formula is C6H10FN. The molecule has 0 saturated carbocycles. The summed E-state index contributed by atoms with van der Waals surface area (Å²) in [5.74, 6) is 2.20. The first-order chi connectivity index (χ1) is 3.62. The van der Waals surface area contributed by atoms with Crippen molar-refractivity contribution in [3.8, 4) is 12.3 Å². The smallest absolute Gasteiger partial charge is 0.131 e. The summed E-state index contributed by atoms with van der Waals surface area (Å²) in [5.41, 5.74) is 3.66. The molecule has 0 aliphatic rings. The van der Waals surface area contributed by atoms with Gasteiger partial charge in [-0.3, -0.25) is 0 Å². The molecule has 0 aliphatic heterocycles. The number of terminal acetylenes is 1. The van der Waals surface area contributed by atoms with E-state index in [-0.39, 0.29) is 13.0 Å². The highest BCUT2D eigenvalue weighted by atomic mass is 19.1. The van der Waals surface area contributed by atoms with Crippen LogP contribution in [0.2, 0.25) is 0 Å². The van der Waals surface area contributed by atoms with Crippen LogP contribution in [0, 0.1) is 12.3 Å². The van der Waals surface area contributed by atoms with Gasteiger partial charge < -0.3 is 5.73 Å². The minimum atomic E-state index is -1.37. The van der Waals surface area contributed by atoms with Gasteiger partial charge in [0.25, 0.3) is 0 Å². The molecule has 0 heterocycles. The fraction of sp³-hybridized carbons (Fsp3) is 0.667. The Hall–Kier alpha value is -0.550. The molecule has 0 aromatic heterocycles. The first-order valence-electron chi connectivity index (χ1n) is 2.45. The maximum Gasteiger partial charge on any atom is 0.131 e. The Labute approximate surface area is 49.1 Å². The average Bonchev–Trinajstić information content (AvgIpc) is 1.67. The normalized spacial score (nSPS) is 16.8. The third-order valence-corrected chi connectivity index (χ3v) is 0.896. The van der Waals surface area contributed by atoms with E-state index in [9.17, 15) is 4.39 Å². The Morgan fingerprint density at radius 2 is 2.38 bits per heavy atom. The molecule has 0 radical (unpaired) electrons. The highest BCUT2D eigenvalue weighted by Crippen LogP contribution is 2.10. The summed E-state index contributed by atoms with van der Waals surface area (Å²) in [7, 11) is 0. The molecule has 0 bridgehead atoms. The standard InChI is InChI=1S/C6H10FN/c1-3-4-6(2,7)5-8/h1H,4-5,8H2,2H3. The number of halogens is 1. The number of nitrogens with two attached hydrogens (primary N) is 1. The van der Waals surface area contributed by atoms with E-state index in [1.54, 1.807) is 0 Å². The van der Waals surface area contributed by atoms with Gasteiger partial charge in [0.15, 0.2) is 0 Å². The van der Waals surface area contributed by atoms with Crippen molar-refractivity contribution in [1.82, 2.24) is 0 Å². The van der Waals surface area contributed by atoms with Crippen LogP contribution in [0.1, 0.15) is 13.3 Å². The van der Waals surface area contributed by atoms with Crippen molar-refractivity contribution in [1.29, 1.82) is 0 Å². The van der Waals surface area contributed by atoms with E-state index in [0.29, 0.717) is 0 Å². The molecule has 2 heteroatoms. The summed E-state index contributed by atoms with van der Waals surface area (Å²) in [6, 6.07) is 0. The van der Waals surface area contributed by atoms with E-state index in [1.165, 1.54) is 6.92 Å². The lowest BCUT2D eigenvalue weighted by Crippen LogP contribution is -2.28. The van der Waals surface area contributed by atoms with Crippen molar-refractivity contribution in [2.45, 2.75) is 19.0 Å². The largest absolute Gasteiger partial charge is 0.328 e. The minimum Gasteiger partial charge on any atom is -0.328 e. The van der Waals surface area contributed by atoms with Gasteiger partial charge in [-0.25, -0.2) is 4.39 Å². The first-order valence-corrected chi connectivity index (χ1v) is 2.45. The van der Waals surface area contributed by atoms with Crippen LogP contribution in [0.4, 0.5) is 4.39 Å². The third kappa shape index (κ3) is 2.59. The second-order valence-electron chi connectivity index (χ2n) is 2.00. The van der Waals surface area contributed by atoms with Crippen molar-refractivity contribution < 1.29 is 4.39 Å². The summed E-state index contributed by atoms with van der Waals surface area (Å²) in [4.78, 5) is 0. The number of hydrogen-bond donors (Lipinski definition) is 1. The van der Waals surface area contributed by atoms with E-state index >= 15 is 0 Å². The SMILES string of the molecule is C#CCC(C)(F)CN. The van der Waals surface area contributed by atoms with Gasteiger partial charge in [-0.05, 0) is 6.92 Å². The van der Waals surface area contributed by atoms with Gasteiger partial charge in [-0.15, -0.1) is 12.3 Å². The molecule has 0 aromatic rings. The van der Waals surface area contributed by atoms with Crippen LogP contribution in [0.3, 0.4) is 0 Å². The van der Waals surface area contributed by atoms with Crippen molar-refractivity contribution in [2.75, 3.05) is 6.54 Å².